The van der Waals surface area contributed by atoms with Gasteiger partial charge in [0.1, 0.15) is 10.6 Å². The summed E-state index contributed by atoms with van der Waals surface area (Å²) in [5.74, 6) is 0.692. The number of morpholine rings is 1. The highest BCUT2D eigenvalue weighted by Crippen LogP contribution is 2.56. The van der Waals surface area contributed by atoms with Crippen LogP contribution in [0.1, 0.15) is 31.0 Å². The molecule has 3 aromatic rings. The highest BCUT2D eigenvalue weighted by molar-refractivity contribution is 7.92. The number of aromatic nitrogens is 2. The molecule has 1 atom stereocenters. The predicted octanol–water partition coefficient (Wildman–Crippen LogP) is 4.53. The minimum Gasteiger partial charge on any atom is -0.377 e. The normalized spacial score (nSPS) is 18.2. The number of urea groups is 1. The van der Waals surface area contributed by atoms with Crippen molar-refractivity contribution in [3.05, 3.63) is 65.9 Å². The predicted molar refractivity (Wildman–Crippen MR) is 160 cm³/mol. The largest absolute Gasteiger partial charge is 0.417 e. The maximum Gasteiger partial charge on any atom is 0.417 e. The van der Waals surface area contributed by atoms with Crippen LogP contribution in [0.25, 0.3) is 11.4 Å². The molecule has 2 N–H and O–H groups in total. The molecule has 1 aromatic heterocycles. The average Bonchev–Trinajstić information content (AvgIpc) is 3.80. The fourth-order valence-corrected chi connectivity index (χ4v) is 7.38. The maximum absolute atomic E-state index is 14.0. The van der Waals surface area contributed by atoms with Gasteiger partial charge in [0.15, 0.2) is 15.7 Å². The fraction of sp³-hybridized carbons (Fsp3) is 0.433. The van der Waals surface area contributed by atoms with Gasteiger partial charge in [0.05, 0.1) is 35.4 Å². The van der Waals surface area contributed by atoms with Crippen LogP contribution >= 0.6 is 0 Å². The number of halogens is 3. The Bertz CT molecular complexity index is 1610. The number of hydrogen-bond donors (Lipinski definition) is 2. The van der Waals surface area contributed by atoms with Gasteiger partial charge >= 0.3 is 12.2 Å². The SMILES string of the molecule is C[C@H]1COCCN1c1cc(C2(S(=O)(=O)c3ccccc3C(F)(F)F)CC2)nc(-c2ccc(NC(=O)NCCN(C)C)cc2)n1. The molecule has 0 unspecified atom stereocenters. The highest BCUT2D eigenvalue weighted by Gasteiger charge is 2.59. The van der Waals surface area contributed by atoms with Gasteiger partial charge in [-0.15, -0.1) is 0 Å². The third kappa shape index (κ3) is 6.52. The number of rotatable bonds is 9. The van der Waals surface area contributed by atoms with Crippen LogP contribution in [0, 0.1) is 0 Å². The van der Waals surface area contributed by atoms with Crippen LogP contribution in [0.2, 0.25) is 0 Å². The molecule has 236 valence electrons. The van der Waals surface area contributed by atoms with Crippen molar-refractivity contribution >= 4 is 27.4 Å². The summed E-state index contributed by atoms with van der Waals surface area (Å²) in [4.78, 5) is 24.8. The molecule has 44 heavy (non-hydrogen) atoms. The monoisotopic (exact) mass is 632 g/mol. The lowest BCUT2D eigenvalue weighted by molar-refractivity contribution is -0.139. The molecule has 0 radical (unpaired) electrons. The van der Waals surface area contributed by atoms with E-state index in [1.54, 1.807) is 30.3 Å². The molecular formula is C30H35F3N6O4S. The Morgan fingerprint density at radius 1 is 1.11 bits per heavy atom. The number of amides is 2. The number of alkyl halides is 3. The summed E-state index contributed by atoms with van der Waals surface area (Å²) in [6.07, 6.45) is -4.59. The van der Waals surface area contributed by atoms with Crippen molar-refractivity contribution in [3.63, 3.8) is 0 Å². The van der Waals surface area contributed by atoms with Crippen molar-refractivity contribution in [2.45, 2.75) is 41.6 Å². The standard InChI is InChI=1S/C30H35F3N6O4S/c1-20-19-43-17-16-39(20)26-18-25(29(12-13-29)44(41,42)24-7-5-4-6-23(24)30(31,32)33)36-27(37-26)21-8-10-22(11-9-21)35-28(40)34-14-15-38(2)3/h4-11,18,20H,12-17,19H2,1-3H3,(H2,34,35,40)/t20-/m0/s1. The van der Waals surface area contributed by atoms with E-state index in [0.717, 1.165) is 12.1 Å². The molecule has 14 heteroatoms. The van der Waals surface area contributed by atoms with E-state index in [4.69, 9.17) is 9.72 Å². The minimum atomic E-state index is -4.84. The van der Waals surface area contributed by atoms with Gasteiger partial charge in [-0.2, -0.15) is 13.2 Å². The van der Waals surface area contributed by atoms with E-state index in [1.165, 1.54) is 12.1 Å². The van der Waals surface area contributed by atoms with Crippen molar-refractivity contribution in [1.29, 1.82) is 0 Å². The van der Waals surface area contributed by atoms with Crippen LogP contribution in [0.5, 0.6) is 0 Å². The maximum atomic E-state index is 14.0. The second-order valence-electron chi connectivity index (χ2n) is 11.3. The Morgan fingerprint density at radius 2 is 1.82 bits per heavy atom. The molecule has 2 amide bonds. The number of likely N-dealkylation sites (N-methyl/N-ethyl adjacent to an activating group) is 1. The van der Waals surface area contributed by atoms with Crippen LogP contribution in [0.3, 0.4) is 0 Å². The van der Waals surface area contributed by atoms with Crippen molar-refractivity contribution in [1.82, 2.24) is 20.2 Å². The number of nitrogens with one attached hydrogen (secondary N) is 2. The molecule has 2 heterocycles. The van der Waals surface area contributed by atoms with Gasteiger partial charge in [-0.1, -0.05) is 12.1 Å². The van der Waals surface area contributed by atoms with Crippen LogP contribution in [0.15, 0.2) is 59.5 Å². The number of benzene rings is 2. The van der Waals surface area contributed by atoms with Gasteiger partial charge in [0, 0.05) is 37.0 Å². The first-order chi connectivity index (χ1) is 20.8. The average molecular weight is 633 g/mol. The van der Waals surface area contributed by atoms with Crippen molar-refractivity contribution in [2.24, 2.45) is 0 Å². The first-order valence-electron chi connectivity index (χ1n) is 14.3. The van der Waals surface area contributed by atoms with Gasteiger partial charge < -0.3 is 25.2 Å². The third-order valence-corrected chi connectivity index (χ3v) is 10.4. The topological polar surface area (TPSA) is 117 Å². The van der Waals surface area contributed by atoms with Crippen LogP contribution < -0.4 is 15.5 Å². The molecule has 1 saturated carbocycles. The molecule has 1 aliphatic carbocycles. The van der Waals surface area contributed by atoms with Crippen LogP contribution in [-0.4, -0.2) is 82.3 Å². The van der Waals surface area contributed by atoms with E-state index in [0.29, 0.717) is 49.9 Å². The molecule has 1 saturated heterocycles. The second-order valence-corrected chi connectivity index (χ2v) is 13.5. The summed E-state index contributed by atoms with van der Waals surface area (Å²) in [6.45, 7) is 4.49. The lowest BCUT2D eigenvalue weighted by Crippen LogP contribution is -2.44. The summed E-state index contributed by atoms with van der Waals surface area (Å²) < 4.78 is 73.6. The Hall–Kier alpha value is -3.75. The minimum absolute atomic E-state index is 0.0744. The van der Waals surface area contributed by atoms with Gasteiger partial charge in [0.25, 0.3) is 0 Å². The number of sulfone groups is 1. The van der Waals surface area contributed by atoms with E-state index in [1.807, 2.05) is 30.8 Å². The molecule has 2 aromatic carbocycles. The highest BCUT2D eigenvalue weighted by atomic mass is 32.2. The van der Waals surface area contributed by atoms with E-state index in [9.17, 15) is 26.4 Å². The van der Waals surface area contributed by atoms with Crippen molar-refractivity contribution in [3.8, 4) is 11.4 Å². The number of carbonyl (C=O) groups is 1. The summed E-state index contributed by atoms with van der Waals surface area (Å²) in [5.41, 5.74) is 0.0304. The molecular weight excluding hydrogens is 597 g/mol. The zero-order valence-electron chi connectivity index (χ0n) is 24.7. The Balaban J connectivity index is 1.52. The summed E-state index contributed by atoms with van der Waals surface area (Å²) >= 11 is 0. The smallest absolute Gasteiger partial charge is 0.377 e. The van der Waals surface area contributed by atoms with Crippen molar-refractivity contribution in [2.75, 3.05) is 57.2 Å². The third-order valence-electron chi connectivity index (χ3n) is 7.79. The number of nitrogens with zero attached hydrogens (tertiary/aromatic N) is 4. The Labute approximate surface area is 254 Å². The lowest BCUT2D eigenvalue weighted by Gasteiger charge is -2.35. The first-order valence-corrected chi connectivity index (χ1v) is 15.7. The Morgan fingerprint density at radius 3 is 2.45 bits per heavy atom. The molecule has 5 rings (SSSR count). The quantitative estimate of drug-likeness (QED) is 0.354. The first kappa shape index (κ1) is 31.7. The number of hydrogen-bond acceptors (Lipinski definition) is 8. The van der Waals surface area contributed by atoms with Crippen molar-refractivity contribution < 1.29 is 31.1 Å². The summed E-state index contributed by atoms with van der Waals surface area (Å²) in [7, 11) is -0.688. The molecule has 2 fully saturated rings. The van der Waals surface area contributed by atoms with Gasteiger partial charge in [0.2, 0.25) is 0 Å². The van der Waals surface area contributed by atoms with E-state index in [-0.39, 0.29) is 36.4 Å². The molecule has 2 aliphatic rings. The molecule has 10 nitrogen and oxygen atoms in total. The van der Waals surface area contributed by atoms with Gasteiger partial charge in [-0.05, 0) is 70.3 Å². The zero-order valence-corrected chi connectivity index (χ0v) is 25.5. The number of anilines is 2. The van der Waals surface area contributed by atoms with Crippen LogP contribution in [0.4, 0.5) is 29.5 Å². The molecule has 1 aliphatic heterocycles. The molecule has 0 bridgehead atoms. The van der Waals surface area contributed by atoms with Gasteiger partial charge in [-0.25, -0.2) is 23.2 Å². The molecule has 0 spiro atoms. The summed E-state index contributed by atoms with van der Waals surface area (Å²) in [5, 5.41) is 5.53. The van der Waals surface area contributed by atoms with Gasteiger partial charge in [-0.3, -0.25) is 0 Å². The van der Waals surface area contributed by atoms with Crippen LogP contribution in [-0.2, 0) is 25.5 Å². The lowest BCUT2D eigenvalue weighted by atomic mass is 10.1. The number of carbonyl (C=O) groups excluding carboxylic acids is 1. The Kier molecular flexibility index (Phi) is 8.87. The zero-order chi connectivity index (χ0) is 31.7. The second kappa shape index (κ2) is 12.3. The van der Waals surface area contributed by atoms with E-state index in [2.05, 4.69) is 15.6 Å². The van der Waals surface area contributed by atoms with E-state index < -0.39 is 31.2 Å². The number of ether oxygens (including phenoxy) is 1. The fourth-order valence-electron chi connectivity index (χ4n) is 5.20. The van der Waals surface area contributed by atoms with E-state index >= 15 is 0 Å². The summed E-state index contributed by atoms with van der Waals surface area (Å²) in [6, 6.07) is 12.2.